The Balaban J connectivity index is 1.40. The van der Waals surface area contributed by atoms with Crippen molar-refractivity contribution in [3.63, 3.8) is 0 Å². The molecule has 4 rings (SSSR count). The first-order chi connectivity index (χ1) is 13.0. The molecule has 0 atom stereocenters. The Morgan fingerprint density at radius 3 is 2.70 bits per heavy atom. The molecule has 7 nitrogen and oxygen atoms in total. The molecule has 3 aromatic rings. The van der Waals surface area contributed by atoms with E-state index in [2.05, 4.69) is 10.1 Å². The number of aromatic carboxylic acids is 1. The molecule has 0 aliphatic carbocycles. The summed E-state index contributed by atoms with van der Waals surface area (Å²) in [5.41, 5.74) is 2.98. The van der Waals surface area contributed by atoms with E-state index in [1.165, 1.54) is 6.20 Å². The van der Waals surface area contributed by atoms with Crippen molar-refractivity contribution >= 4 is 22.8 Å². The number of H-pyrrole nitrogens is 1. The van der Waals surface area contributed by atoms with Crippen LogP contribution in [0, 0.1) is 6.92 Å². The minimum absolute atomic E-state index is 0.126. The molecule has 1 aromatic carbocycles. The maximum absolute atomic E-state index is 12.7. The Hall–Kier alpha value is -3.09. The largest absolute Gasteiger partial charge is 0.478 e. The van der Waals surface area contributed by atoms with Crippen LogP contribution in [0.2, 0.25) is 0 Å². The highest BCUT2D eigenvalue weighted by Gasteiger charge is 2.26. The highest BCUT2D eigenvalue weighted by molar-refractivity contribution is 5.89. The van der Waals surface area contributed by atoms with E-state index in [-0.39, 0.29) is 17.5 Å². The molecule has 0 spiro atoms. The number of hydrogen-bond donors (Lipinski definition) is 2. The minimum Gasteiger partial charge on any atom is -0.478 e. The third-order valence-electron chi connectivity index (χ3n) is 5.45. The van der Waals surface area contributed by atoms with Gasteiger partial charge in [0.15, 0.2) is 0 Å². The fourth-order valence-electron chi connectivity index (χ4n) is 3.91. The molecule has 0 bridgehead atoms. The number of aromatic amines is 1. The first-order valence-electron chi connectivity index (χ1n) is 9.14. The minimum atomic E-state index is -0.954. The van der Waals surface area contributed by atoms with E-state index in [1.54, 1.807) is 11.6 Å². The number of likely N-dealkylation sites (tertiary alicyclic amines) is 1. The van der Waals surface area contributed by atoms with E-state index in [0.29, 0.717) is 25.2 Å². The lowest BCUT2D eigenvalue weighted by Gasteiger charge is -2.32. The fourth-order valence-corrected chi connectivity index (χ4v) is 3.91. The molecule has 140 valence electrons. The molecule has 1 saturated heterocycles. The van der Waals surface area contributed by atoms with E-state index < -0.39 is 5.97 Å². The second kappa shape index (κ2) is 6.90. The van der Waals surface area contributed by atoms with Gasteiger partial charge in [-0.05, 0) is 31.4 Å². The topological polar surface area (TPSA) is 91.2 Å². The summed E-state index contributed by atoms with van der Waals surface area (Å²) in [5, 5.41) is 14.5. The zero-order valence-electron chi connectivity index (χ0n) is 15.2. The monoisotopic (exact) mass is 366 g/mol. The van der Waals surface area contributed by atoms with Crippen LogP contribution in [0.25, 0.3) is 10.9 Å². The molecule has 1 aliphatic rings. The van der Waals surface area contributed by atoms with Crippen LogP contribution in [-0.2, 0) is 11.2 Å². The molecular formula is C20H22N4O3. The van der Waals surface area contributed by atoms with Crippen molar-refractivity contribution in [1.29, 1.82) is 0 Å². The molecule has 0 unspecified atom stereocenters. The Bertz CT molecular complexity index is 996. The van der Waals surface area contributed by atoms with Gasteiger partial charge < -0.3 is 15.0 Å². The number of rotatable bonds is 4. The summed E-state index contributed by atoms with van der Waals surface area (Å²) in [6.07, 6.45) is 5.27. The molecule has 2 aromatic heterocycles. The number of carboxylic acid groups (broad SMARTS) is 1. The van der Waals surface area contributed by atoms with Crippen molar-refractivity contribution in [2.75, 3.05) is 13.1 Å². The Kier molecular flexibility index (Phi) is 4.43. The molecule has 7 heteroatoms. The Morgan fingerprint density at radius 2 is 2.00 bits per heavy atom. The van der Waals surface area contributed by atoms with E-state index in [4.69, 9.17) is 0 Å². The zero-order valence-corrected chi connectivity index (χ0v) is 15.2. The standard InChI is InChI=1S/C20H22N4O3/c1-13-17(20(26)27)12-22-24(13)15-6-8-23(9-7-15)19(25)10-14-11-21-18-5-3-2-4-16(14)18/h2-5,11-12,15,21H,6-10H2,1H3,(H,26,27). The van der Waals surface area contributed by atoms with Crippen LogP contribution >= 0.6 is 0 Å². The summed E-state index contributed by atoms with van der Waals surface area (Å²) in [5.74, 6) is -0.827. The van der Waals surface area contributed by atoms with Crippen molar-refractivity contribution in [2.45, 2.75) is 32.2 Å². The van der Waals surface area contributed by atoms with Gasteiger partial charge in [0.2, 0.25) is 5.91 Å². The number of nitrogens with one attached hydrogen (secondary N) is 1. The van der Waals surface area contributed by atoms with E-state index in [0.717, 1.165) is 29.3 Å². The number of nitrogens with zero attached hydrogens (tertiary/aromatic N) is 3. The summed E-state index contributed by atoms with van der Waals surface area (Å²) >= 11 is 0. The van der Waals surface area contributed by atoms with E-state index in [1.807, 2.05) is 35.4 Å². The van der Waals surface area contributed by atoms with Crippen LogP contribution in [0.1, 0.15) is 40.5 Å². The molecule has 3 heterocycles. The lowest BCUT2D eigenvalue weighted by molar-refractivity contribution is -0.131. The summed E-state index contributed by atoms with van der Waals surface area (Å²) in [6.45, 7) is 3.10. The number of benzene rings is 1. The maximum atomic E-state index is 12.7. The number of hydrogen-bond acceptors (Lipinski definition) is 3. The van der Waals surface area contributed by atoms with Gasteiger partial charge in [-0.1, -0.05) is 18.2 Å². The average Bonchev–Trinajstić information content (AvgIpc) is 3.26. The second-order valence-corrected chi connectivity index (χ2v) is 7.04. The number of aromatic nitrogens is 3. The predicted octanol–water partition coefficient (Wildman–Crippen LogP) is 2.78. The van der Waals surface area contributed by atoms with Crippen molar-refractivity contribution in [2.24, 2.45) is 0 Å². The van der Waals surface area contributed by atoms with Gasteiger partial charge in [0.25, 0.3) is 0 Å². The van der Waals surface area contributed by atoms with Gasteiger partial charge in [-0.25, -0.2) is 4.79 Å². The lowest BCUT2D eigenvalue weighted by atomic mass is 10.0. The van der Waals surface area contributed by atoms with Gasteiger partial charge in [0.1, 0.15) is 5.56 Å². The van der Waals surface area contributed by atoms with Crippen molar-refractivity contribution in [3.05, 3.63) is 53.5 Å². The first-order valence-corrected chi connectivity index (χ1v) is 9.14. The summed E-state index contributed by atoms with van der Waals surface area (Å²) in [4.78, 5) is 29.0. The molecule has 1 aliphatic heterocycles. The van der Waals surface area contributed by atoms with Crippen LogP contribution < -0.4 is 0 Å². The summed E-state index contributed by atoms with van der Waals surface area (Å²) in [6, 6.07) is 8.12. The Labute approximate surface area is 156 Å². The average molecular weight is 366 g/mol. The normalized spacial score (nSPS) is 15.4. The molecule has 1 fully saturated rings. The molecule has 1 amide bonds. The van der Waals surface area contributed by atoms with Crippen LogP contribution in [0.4, 0.5) is 0 Å². The fraction of sp³-hybridized carbons (Fsp3) is 0.350. The number of carbonyl (C=O) groups excluding carboxylic acids is 1. The van der Waals surface area contributed by atoms with Crippen molar-refractivity contribution in [1.82, 2.24) is 19.7 Å². The van der Waals surface area contributed by atoms with Crippen molar-refractivity contribution < 1.29 is 14.7 Å². The first kappa shape index (κ1) is 17.3. The summed E-state index contributed by atoms with van der Waals surface area (Å²) in [7, 11) is 0. The van der Waals surface area contributed by atoms with Crippen molar-refractivity contribution in [3.8, 4) is 0 Å². The molecular weight excluding hydrogens is 344 g/mol. The maximum Gasteiger partial charge on any atom is 0.339 e. The smallest absolute Gasteiger partial charge is 0.339 e. The van der Waals surface area contributed by atoms with Crippen LogP contribution in [-0.4, -0.2) is 49.7 Å². The van der Waals surface area contributed by atoms with Gasteiger partial charge in [-0.2, -0.15) is 5.10 Å². The third-order valence-corrected chi connectivity index (χ3v) is 5.45. The van der Waals surface area contributed by atoms with Crippen LogP contribution in [0.5, 0.6) is 0 Å². The number of fused-ring (bicyclic) bond motifs is 1. The number of carbonyl (C=O) groups is 2. The predicted molar refractivity (Wildman–Crippen MR) is 101 cm³/mol. The summed E-state index contributed by atoms with van der Waals surface area (Å²) < 4.78 is 1.80. The highest BCUT2D eigenvalue weighted by atomic mass is 16.4. The van der Waals surface area contributed by atoms with Gasteiger partial charge in [0.05, 0.1) is 24.4 Å². The lowest BCUT2D eigenvalue weighted by Crippen LogP contribution is -2.40. The van der Waals surface area contributed by atoms with E-state index in [9.17, 15) is 14.7 Å². The second-order valence-electron chi connectivity index (χ2n) is 7.04. The number of amides is 1. The van der Waals surface area contributed by atoms with E-state index >= 15 is 0 Å². The van der Waals surface area contributed by atoms with Gasteiger partial charge in [0, 0.05) is 30.2 Å². The number of piperidine rings is 1. The molecule has 27 heavy (non-hydrogen) atoms. The highest BCUT2D eigenvalue weighted by Crippen LogP contribution is 2.26. The quantitative estimate of drug-likeness (QED) is 0.743. The van der Waals surface area contributed by atoms with Crippen LogP contribution in [0.3, 0.4) is 0 Å². The van der Waals surface area contributed by atoms with Gasteiger partial charge >= 0.3 is 5.97 Å². The number of para-hydroxylation sites is 1. The number of carboxylic acids is 1. The van der Waals surface area contributed by atoms with Crippen LogP contribution in [0.15, 0.2) is 36.7 Å². The molecule has 2 N–H and O–H groups in total. The third kappa shape index (κ3) is 3.20. The van der Waals surface area contributed by atoms with Gasteiger partial charge in [-0.3, -0.25) is 9.48 Å². The molecule has 0 saturated carbocycles. The zero-order chi connectivity index (χ0) is 19.0. The molecule has 0 radical (unpaired) electrons. The van der Waals surface area contributed by atoms with Gasteiger partial charge in [-0.15, -0.1) is 0 Å². The SMILES string of the molecule is Cc1c(C(=O)O)cnn1C1CCN(C(=O)Cc2c[nH]c3ccccc23)CC1. The Morgan fingerprint density at radius 1 is 1.26 bits per heavy atom.